The molecule has 2 saturated heterocycles. The number of thioether (sulfide) groups is 1. The molecule has 3 heterocycles. The SMILES string of the molecule is COc1ccc(CN(C)C(=O)CSc2nnc(N3CCC(C)CC3)n2CC2CCCO2)cc1F. The first kappa shape index (κ1) is 24.8. The van der Waals surface area contributed by atoms with Crippen LogP contribution in [0.3, 0.4) is 0 Å². The van der Waals surface area contributed by atoms with E-state index in [1.54, 1.807) is 24.1 Å². The van der Waals surface area contributed by atoms with Crippen LogP contribution in [0, 0.1) is 11.7 Å². The van der Waals surface area contributed by atoms with E-state index in [1.165, 1.54) is 24.9 Å². The summed E-state index contributed by atoms with van der Waals surface area (Å²) in [5, 5.41) is 9.69. The van der Waals surface area contributed by atoms with E-state index in [1.807, 2.05) is 0 Å². The molecule has 2 aromatic rings. The lowest BCUT2D eigenvalue weighted by Crippen LogP contribution is -2.35. The van der Waals surface area contributed by atoms with Gasteiger partial charge in [-0.3, -0.25) is 9.36 Å². The van der Waals surface area contributed by atoms with Crippen LogP contribution in [0.5, 0.6) is 5.75 Å². The predicted molar refractivity (Wildman–Crippen MR) is 130 cm³/mol. The molecule has 0 aliphatic carbocycles. The molecule has 10 heteroatoms. The minimum atomic E-state index is -0.433. The first-order valence-corrected chi connectivity index (χ1v) is 12.9. The van der Waals surface area contributed by atoms with Crippen molar-refractivity contribution in [2.24, 2.45) is 5.92 Å². The van der Waals surface area contributed by atoms with Gasteiger partial charge in [-0.2, -0.15) is 0 Å². The van der Waals surface area contributed by atoms with Crippen molar-refractivity contribution in [3.05, 3.63) is 29.6 Å². The van der Waals surface area contributed by atoms with E-state index < -0.39 is 5.82 Å². The summed E-state index contributed by atoms with van der Waals surface area (Å²) in [6, 6.07) is 4.75. The van der Waals surface area contributed by atoms with Gasteiger partial charge >= 0.3 is 0 Å². The van der Waals surface area contributed by atoms with Crippen LogP contribution < -0.4 is 9.64 Å². The van der Waals surface area contributed by atoms with Gasteiger partial charge in [0.1, 0.15) is 0 Å². The maximum atomic E-state index is 14.0. The maximum Gasteiger partial charge on any atom is 0.233 e. The van der Waals surface area contributed by atoms with E-state index in [2.05, 4.69) is 26.6 Å². The van der Waals surface area contributed by atoms with Crippen molar-refractivity contribution in [3.8, 4) is 5.75 Å². The Morgan fingerprint density at radius 2 is 2.09 bits per heavy atom. The fourth-order valence-electron chi connectivity index (χ4n) is 4.39. The van der Waals surface area contributed by atoms with Crippen LogP contribution in [-0.4, -0.2) is 71.3 Å². The minimum absolute atomic E-state index is 0.0544. The van der Waals surface area contributed by atoms with Gasteiger partial charge in [0.15, 0.2) is 16.7 Å². The van der Waals surface area contributed by atoms with Gasteiger partial charge in [0, 0.05) is 33.3 Å². The Balaban J connectivity index is 1.40. The highest BCUT2D eigenvalue weighted by Gasteiger charge is 2.26. The number of hydrogen-bond acceptors (Lipinski definition) is 7. The van der Waals surface area contributed by atoms with Gasteiger partial charge in [-0.1, -0.05) is 24.8 Å². The second-order valence-corrected chi connectivity index (χ2v) is 10.1. The highest BCUT2D eigenvalue weighted by Crippen LogP contribution is 2.28. The number of amides is 1. The quantitative estimate of drug-likeness (QED) is 0.497. The van der Waals surface area contributed by atoms with E-state index in [9.17, 15) is 9.18 Å². The molecule has 0 N–H and O–H groups in total. The van der Waals surface area contributed by atoms with Crippen LogP contribution in [0.4, 0.5) is 10.3 Å². The van der Waals surface area contributed by atoms with Crippen LogP contribution >= 0.6 is 11.8 Å². The third-order valence-corrected chi connectivity index (χ3v) is 7.51. The maximum absolute atomic E-state index is 14.0. The number of halogens is 1. The number of carbonyl (C=O) groups excluding carboxylic acids is 1. The Morgan fingerprint density at radius 1 is 1.29 bits per heavy atom. The molecule has 0 radical (unpaired) electrons. The summed E-state index contributed by atoms with van der Waals surface area (Å²) < 4.78 is 27.0. The van der Waals surface area contributed by atoms with Crippen molar-refractivity contribution in [2.75, 3.05) is 44.5 Å². The van der Waals surface area contributed by atoms with Gasteiger partial charge in [-0.25, -0.2) is 4.39 Å². The van der Waals surface area contributed by atoms with Crippen LogP contribution in [0.1, 0.15) is 38.2 Å². The van der Waals surface area contributed by atoms with Crippen LogP contribution in [0.15, 0.2) is 23.4 Å². The largest absolute Gasteiger partial charge is 0.494 e. The minimum Gasteiger partial charge on any atom is -0.494 e. The molecule has 1 aromatic heterocycles. The summed E-state index contributed by atoms with van der Waals surface area (Å²) in [4.78, 5) is 16.7. The van der Waals surface area contributed by atoms with Crippen LogP contribution in [0.2, 0.25) is 0 Å². The van der Waals surface area contributed by atoms with Crippen LogP contribution in [0.25, 0.3) is 0 Å². The highest BCUT2D eigenvalue weighted by molar-refractivity contribution is 7.99. The van der Waals surface area contributed by atoms with Gasteiger partial charge in [0.2, 0.25) is 11.9 Å². The second-order valence-electron chi connectivity index (χ2n) is 9.21. The highest BCUT2D eigenvalue weighted by atomic mass is 32.2. The lowest BCUT2D eigenvalue weighted by Gasteiger charge is -2.31. The summed E-state index contributed by atoms with van der Waals surface area (Å²) in [7, 11) is 3.15. The molecule has 0 saturated carbocycles. The number of ether oxygens (including phenoxy) is 2. The normalized spacial score (nSPS) is 18.9. The number of benzene rings is 1. The molecule has 8 nitrogen and oxygen atoms in total. The molecule has 2 aliphatic rings. The molecule has 0 bridgehead atoms. The first-order valence-electron chi connectivity index (χ1n) is 11.9. The molecular formula is C24H34FN5O3S. The van der Waals surface area contributed by atoms with E-state index in [0.29, 0.717) is 18.7 Å². The lowest BCUT2D eigenvalue weighted by molar-refractivity contribution is -0.127. The van der Waals surface area contributed by atoms with E-state index in [4.69, 9.17) is 9.47 Å². The summed E-state index contributed by atoms with van der Waals surface area (Å²) in [5.41, 5.74) is 0.710. The first-order chi connectivity index (χ1) is 16.4. The Hall–Kier alpha value is -2.33. The van der Waals surface area contributed by atoms with Crippen molar-refractivity contribution >= 4 is 23.6 Å². The van der Waals surface area contributed by atoms with Crippen molar-refractivity contribution in [2.45, 2.75) is 57.0 Å². The monoisotopic (exact) mass is 491 g/mol. The van der Waals surface area contributed by atoms with E-state index >= 15 is 0 Å². The zero-order valence-electron chi connectivity index (χ0n) is 20.2. The Kier molecular flexibility index (Phi) is 8.31. The predicted octanol–water partition coefficient (Wildman–Crippen LogP) is 3.59. The summed E-state index contributed by atoms with van der Waals surface area (Å²) in [6.45, 7) is 6.04. The summed E-state index contributed by atoms with van der Waals surface area (Å²) in [6.07, 6.45) is 4.54. The molecule has 1 unspecified atom stereocenters. The summed E-state index contributed by atoms with van der Waals surface area (Å²) in [5.74, 6) is 1.54. The average Bonchev–Trinajstić information content (AvgIpc) is 3.48. The molecule has 1 atom stereocenters. The average molecular weight is 492 g/mol. The van der Waals surface area contributed by atoms with Gasteiger partial charge in [-0.15, -0.1) is 10.2 Å². The second kappa shape index (κ2) is 11.4. The van der Waals surface area contributed by atoms with Crippen LogP contribution in [-0.2, 0) is 22.6 Å². The number of methoxy groups -OCH3 is 1. The third kappa shape index (κ3) is 6.02. The van der Waals surface area contributed by atoms with Gasteiger partial charge in [-0.05, 0) is 49.3 Å². The fraction of sp³-hybridized carbons (Fsp3) is 0.625. The zero-order chi connectivity index (χ0) is 24.1. The molecular weight excluding hydrogens is 457 g/mol. The standard InChI is InChI=1S/C24H34FN5O3S/c1-17-8-10-29(11-9-17)23-26-27-24(30(23)15-19-5-4-12-33-19)34-16-22(31)28(2)14-18-6-7-21(32-3)20(25)13-18/h6-7,13,17,19H,4-5,8-12,14-16H2,1-3H3. The van der Waals surface area contributed by atoms with Gasteiger partial charge in [0.25, 0.3) is 0 Å². The van der Waals surface area contributed by atoms with Gasteiger partial charge < -0.3 is 19.3 Å². The number of nitrogens with zero attached hydrogens (tertiary/aromatic N) is 5. The smallest absolute Gasteiger partial charge is 0.233 e. The number of rotatable bonds is 9. The number of aromatic nitrogens is 3. The van der Waals surface area contributed by atoms with Crippen molar-refractivity contribution < 1.29 is 18.7 Å². The van der Waals surface area contributed by atoms with Crippen molar-refractivity contribution in [1.82, 2.24) is 19.7 Å². The lowest BCUT2D eigenvalue weighted by atomic mass is 10.00. The Labute approximate surface area is 204 Å². The van der Waals surface area contributed by atoms with Gasteiger partial charge in [0.05, 0.1) is 25.5 Å². The Morgan fingerprint density at radius 3 is 2.76 bits per heavy atom. The zero-order valence-corrected chi connectivity index (χ0v) is 21.0. The fourth-order valence-corrected chi connectivity index (χ4v) is 5.27. The van der Waals surface area contributed by atoms with Crippen molar-refractivity contribution in [3.63, 3.8) is 0 Å². The Bertz CT molecular complexity index is 974. The topological polar surface area (TPSA) is 72.7 Å². The molecule has 2 aliphatic heterocycles. The number of piperidine rings is 1. The number of hydrogen-bond donors (Lipinski definition) is 0. The molecule has 0 spiro atoms. The molecule has 1 amide bonds. The number of carbonyl (C=O) groups is 1. The van der Waals surface area contributed by atoms with E-state index in [0.717, 1.165) is 62.4 Å². The third-order valence-electron chi connectivity index (χ3n) is 6.56. The molecule has 34 heavy (non-hydrogen) atoms. The molecule has 186 valence electrons. The molecule has 2 fully saturated rings. The van der Waals surface area contributed by atoms with Crippen molar-refractivity contribution in [1.29, 1.82) is 0 Å². The molecule has 1 aromatic carbocycles. The number of anilines is 1. The summed E-state index contributed by atoms with van der Waals surface area (Å²) >= 11 is 1.39. The van der Waals surface area contributed by atoms with E-state index in [-0.39, 0.29) is 23.5 Å². The molecule has 4 rings (SSSR count).